The van der Waals surface area contributed by atoms with Crippen molar-refractivity contribution in [2.24, 2.45) is 0 Å². The van der Waals surface area contributed by atoms with Crippen LogP contribution in [-0.4, -0.2) is 40.3 Å². The van der Waals surface area contributed by atoms with Crippen molar-refractivity contribution in [2.45, 2.75) is 19.8 Å². The minimum Gasteiger partial charge on any atom is -0.504 e. The number of aromatic hydroxyl groups is 2. The highest BCUT2D eigenvalue weighted by Gasteiger charge is 2.37. The van der Waals surface area contributed by atoms with E-state index in [-0.39, 0.29) is 23.3 Å². The third kappa shape index (κ3) is 5.76. The summed E-state index contributed by atoms with van der Waals surface area (Å²) in [6.07, 6.45) is 1.19. The number of unbranched alkanes of at least 4 members (excludes halogenated alkanes) is 1. The Morgan fingerprint density at radius 2 is 1.07 bits per heavy atom. The molecule has 0 bridgehead atoms. The Balaban J connectivity index is 2.02. The summed E-state index contributed by atoms with van der Waals surface area (Å²) >= 11 is 0. The topological polar surface area (TPSA) is 127 Å². The summed E-state index contributed by atoms with van der Waals surface area (Å²) in [5, 5.41) is 22.2. The van der Waals surface area contributed by atoms with Gasteiger partial charge in [0.1, 0.15) is 0 Å². The predicted octanol–water partition coefficient (Wildman–Crippen LogP) is 5.74. The van der Waals surface area contributed by atoms with Crippen LogP contribution in [0.1, 0.15) is 72.3 Å². The lowest BCUT2D eigenvalue weighted by molar-refractivity contribution is 0.0491. The van der Waals surface area contributed by atoms with Gasteiger partial charge >= 0.3 is 11.9 Å². The molecule has 0 unspecified atom stereocenters. The van der Waals surface area contributed by atoms with Gasteiger partial charge in [-0.3, -0.25) is 9.59 Å². The summed E-state index contributed by atoms with van der Waals surface area (Å²) in [6, 6.07) is 23.2. The molecule has 0 amide bonds. The second-order valence-electron chi connectivity index (χ2n) is 8.79. The van der Waals surface area contributed by atoms with Crippen molar-refractivity contribution in [1.82, 2.24) is 0 Å². The van der Waals surface area contributed by atoms with Crippen LogP contribution in [0.25, 0.3) is 0 Å². The van der Waals surface area contributed by atoms with Gasteiger partial charge in [-0.05, 0) is 18.6 Å². The Morgan fingerprint density at radius 1 is 0.600 bits per heavy atom. The van der Waals surface area contributed by atoms with E-state index in [1.54, 1.807) is 54.6 Å². The quantitative estimate of drug-likeness (QED) is 0.0861. The Labute approximate surface area is 230 Å². The molecule has 0 fully saturated rings. The third-order valence-electron chi connectivity index (χ3n) is 6.07. The lowest BCUT2D eigenvalue weighted by atomic mass is 9.88. The molecule has 4 aromatic rings. The van der Waals surface area contributed by atoms with Crippen LogP contribution in [0.4, 0.5) is 0 Å². The molecule has 40 heavy (non-hydrogen) atoms. The standard InChI is InChI=1S/C32H26O8/c1-2-3-19-39-32(38)23-24(26(33)20-13-7-4-8-14-20)28(35)29(36)30(40-31(37)22-17-11-6-12-18-22)25(23)27(34)21-15-9-5-10-16-21/h4-18,35-36H,2-3,19H2,1H3. The molecule has 8 heteroatoms. The summed E-state index contributed by atoms with van der Waals surface area (Å²) < 4.78 is 10.8. The van der Waals surface area contributed by atoms with Gasteiger partial charge in [-0.15, -0.1) is 0 Å². The molecule has 0 atom stereocenters. The average Bonchev–Trinajstić information content (AvgIpc) is 3.00. The van der Waals surface area contributed by atoms with Crippen molar-refractivity contribution in [3.8, 4) is 17.2 Å². The van der Waals surface area contributed by atoms with Gasteiger partial charge in [0.15, 0.2) is 23.1 Å². The Kier molecular flexibility index (Phi) is 8.71. The fraction of sp³-hybridized carbons (Fsp3) is 0.125. The zero-order chi connectivity index (χ0) is 28.6. The number of hydrogen-bond acceptors (Lipinski definition) is 8. The van der Waals surface area contributed by atoms with E-state index in [9.17, 15) is 29.4 Å². The SMILES string of the molecule is CCCCOC(=O)c1c(C(=O)c2ccccc2)c(O)c(O)c(OC(=O)c2ccccc2)c1C(=O)c1ccccc1. The maximum atomic E-state index is 13.9. The Bertz CT molecular complexity index is 1540. The van der Waals surface area contributed by atoms with Gasteiger partial charge in [0.2, 0.25) is 5.75 Å². The first-order chi connectivity index (χ1) is 19.3. The molecule has 0 saturated heterocycles. The first-order valence-corrected chi connectivity index (χ1v) is 12.6. The van der Waals surface area contributed by atoms with Crippen molar-refractivity contribution >= 4 is 23.5 Å². The summed E-state index contributed by atoms with van der Waals surface area (Å²) in [5.74, 6) is -6.60. The first-order valence-electron chi connectivity index (χ1n) is 12.6. The Morgan fingerprint density at radius 3 is 1.57 bits per heavy atom. The number of ketones is 2. The summed E-state index contributed by atoms with van der Waals surface area (Å²) in [7, 11) is 0. The van der Waals surface area contributed by atoms with Crippen LogP contribution < -0.4 is 4.74 Å². The molecule has 0 heterocycles. The molecule has 2 N–H and O–H groups in total. The van der Waals surface area contributed by atoms with Gasteiger partial charge < -0.3 is 19.7 Å². The number of phenols is 2. The molecule has 202 valence electrons. The number of hydrogen-bond donors (Lipinski definition) is 2. The number of carbonyl (C=O) groups is 4. The van der Waals surface area contributed by atoms with Gasteiger partial charge in [-0.2, -0.15) is 0 Å². The number of esters is 2. The van der Waals surface area contributed by atoms with E-state index in [0.717, 1.165) is 0 Å². The molecule has 0 aliphatic carbocycles. The van der Waals surface area contributed by atoms with Crippen molar-refractivity contribution in [1.29, 1.82) is 0 Å². The van der Waals surface area contributed by atoms with Crippen molar-refractivity contribution in [3.63, 3.8) is 0 Å². The molecular weight excluding hydrogens is 512 g/mol. The molecule has 0 aliphatic rings. The summed E-state index contributed by atoms with van der Waals surface area (Å²) in [5.41, 5.74) is -1.63. The van der Waals surface area contributed by atoms with E-state index in [1.807, 2.05) is 6.92 Å². The maximum absolute atomic E-state index is 13.9. The van der Waals surface area contributed by atoms with E-state index >= 15 is 0 Å². The van der Waals surface area contributed by atoms with Crippen LogP contribution in [0.2, 0.25) is 0 Å². The molecule has 0 spiro atoms. The highest BCUT2D eigenvalue weighted by atomic mass is 16.5. The highest BCUT2D eigenvalue weighted by molar-refractivity contribution is 6.24. The van der Waals surface area contributed by atoms with Crippen molar-refractivity contribution in [3.05, 3.63) is 124 Å². The largest absolute Gasteiger partial charge is 0.504 e. The second-order valence-corrected chi connectivity index (χ2v) is 8.79. The number of phenolic OH excluding ortho intramolecular Hbond substituents is 2. The van der Waals surface area contributed by atoms with E-state index < -0.39 is 57.4 Å². The third-order valence-corrected chi connectivity index (χ3v) is 6.07. The number of benzene rings is 4. The normalized spacial score (nSPS) is 10.5. The van der Waals surface area contributed by atoms with E-state index in [1.165, 1.54) is 36.4 Å². The predicted molar refractivity (Wildman–Crippen MR) is 146 cm³/mol. The Hall–Kier alpha value is -5.24. The fourth-order valence-electron chi connectivity index (χ4n) is 4.02. The average molecular weight is 539 g/mol. The molecule has 8 nitrogen and oxygen atoms in total. The van der Waals surface area contributed by atoms with Crippen LogP contribution in [0.3, 0.4) is 0 Å². The minimum atomic E-state index is -1.10. The monoisotopic (exact) mass is 538 g/mol. The number of ether oxygens (including phenoxy) is 2. The molecule has 0 aliphatic heterocycles. The highest BCUT2D eigenvalue weighted by Crippen LogP contribution is 2.46. The molecule has 4 aromatic carbocycles. The zero-order valence-corrected chi connectivity index (χ0v) is 21.6. The summed E-state index contributed by atoms with van der Waals surface area (Å²) in [6.45, 7) is 1.85. The second kappa shape index (κ2) is 12.5. The van der Waals surface area contributed by atoms with E-state index in [2.05, 4.69) is 0 Å². The minimum absolute atomic E-state index is 0.0337. The van der Waals surface area contributed by atoms with E-state index in [0.29, 0.717) is 12.8 Å². The molecule has 0 saturated carbocycles. The smallest absolute Gasteiger partial charge is 0.343 e. The molecule has 0 aromatic heterocycles. The van der Waals surface area contributed by atoms with Crippen LogP contribution >= 0.6 is 0 Å². The van der Waals surface area contributed by atoms with Crippen LogP contribution in [0.5, 0.6) is 17.2 Å². The maximum Gasteiger partial charge on any atom is 0.343 e. The lowest BCUT2D eigenvalue weighted by Gasteiger charge is -2.20. The number of carbonyl (C=O) groups excluding carboxylic acids is 4. The van der Waals surface area contributed by atoms with Crippen molar-refractivity contribution < 1.29 is 38.9 Å². The molecular formula is C32H26O8. The molecule has 0 radical (unpaired) electrons. The van der Waals surface area contributed by atoms with Gasteiger partial charge in [-0.1, -0.05) is 92.2 Å². The van der Waals surface area contributed by atoms with Gasteiger partial charge in [-0.25, -0.2) is 9.59 Å². The number of rotatable bonds is 10. The van der Waals surface area contributed by atoms with Crippen LogP contribution in [0.15, 0.2) is 91.0 Å². The molecule has 4 rings (SSSR count). The van der Waals surface area contributed by atoms with Gasteiger partial charge in [0, 0.05) is 11.1 Å². The van der Waals surface area contributed by atoms with Gasteiger partial charge in [0.05, 0.1) is 28.9 Å². The lowest BCUT2D eigenvalue weighted by Crippen LogP contribution is -2.22. The van der Waals surface area contributed by atoms with Crippen LogP contribution in [0, 0.1) is 0 Å². The van der Waals surface area contributed by atoms with E-state index in [4.69, 9.17) is 9.47 Å². The fourth-order valence-corrected chi connectivity index (χ4v) is 4.02. The first kappa shape index (κ1) is 27.8. The van der Waals surface area contributed by atoms with Gasteiger partial charge in [0.25, 0.3) is 0 Å². The zero-order valence-electron chi connectivity index (χ0n) is 21.6. The van der Waals surface area contributed by atoms with Crippen LogP contribution in [-0.2, 0) is 4.74 Å². The summed E-state index contributed by atoms with van der Waals surface area (Å²) in [4.78, 5) is 54.1. The van der Waals surface area contributed by atoms with Crippen molar-refractivity contribution in [2.75, 3.05) is 6.61 Å².